The van der Waals surface area contributed by atoms with Crippen LogP contribution in [-0.4, -0.2) is 31.8 Å². The first-order chi connectivity index (χ1) is 13.6. The molecule has 0 unspecified atom stereocenters. The third-order valence-electron chi connectivity index (χ3n) is 3.97. The van der Waals surface area contributed by atoms with Gasteiger partial charge in [-0.25, -0.2) is 9.59 Å². The number of unbranched alkanes of at least 4 members (excludes halogenated alkanes) is 5. The van der Waals surface area contributed by atoms with Gasteiger partial charge in [-0.1, -0.05) is 45.1 Å². The van der Waals surface area contributed by atoms with E-state index in [1.54, 1.807) is 13.8 Å². The van der Waals surface area contributed by atoms with Crippen molar-refractivity contribution < 1.29 is 23.8 Å². The second-order valence-corrected chi connectivity index (χ2v) is 6.29. The van der Waals surface area contributed by atoms with Crippen LogP contribution in [0, 0.1) is 0 Å². The van der Waals surface area contributed by atoms with Gasteiger partial charge in [-0.15, -0.1) is 0 Å². The smallest absolute Gasteiger partial charge is 0.347 e. The van der Waals surface area contributed by atoms with Crippen molar-refractivity contribution >= 4 is 17.6 Å². The Bertz CT molecular complexity index is 607. The summed E-state index contributed by atoms with van der Waals surface area (Å²) in [6, 6.07) is 7.37. The molecule has 0 aromatic heterocycles. The van der Waals surface area contributed by atoms with E-state index in [-0.39, 0.29) is 18.8 Å². The van der Waals surface area contributed by atoms with Gasteiger partial charge < -0.3 is 19.5 Å². The summed E-state index contributed by atoms with van der Waals surface area (Å²) in [6.07, 6.45) is 8.57. The predicted octanol–water partition coefficient (Wildman–Crippen LogP) is 4.85. The van der Waals surface area contributed by atoms with Gasteiger partial charge in [-0.2, -0.15) is 0 Å². The summed E-state index contributed by atoms with van der Waals surface area (Å²) in [7, 11) is 0. The number of carbonyl (C=O) groups is 2. The number of anilines is 1. The van der Waals surface area contributed by atoms with E-state index in [1.165, 1.54) is 38.3 Å². The van der Waals surface area contributed by atoms with Crippen LogP contribution in [0.15, 0.2) is 36.0 Å². The van der Waals surface area contributed by atoms with Gasteiger partial charge in [0.05, 0.1) is 19.8 Å². The third kappa shape index (κ3) is 9.44. The molecule has 0 amide bonds. The van der Waals surface area contributed by atoms with Gasteiger partial charge >= 0.3 is 11.9 Å². The summed E-state index contributed by atoms with van der Waals surface area (Å²) >= 11 is 0. The van der Waals surface area contributed by atoms with Gasteiger partial charge in [0, 0.05) is 18.0 Å². The molecule has 0 spiro atoms. The van der Waals surface area contributed by atoms with Crippen molar-refractivity contribution in [2.45, 2.75) is 59.3 Å². The molecular formula is C22H33NO5. The summed E-state index contributed by atoms with van der Waals surface area (Å²) in [5.41, 5.74) is 0.522. The molecule has 0 fully saturated rings. The Morgan fingerprint density at radius 1 is 0.929 bits per heavy atom. The van der Waals surface area contributed by atoms with Crippen molar-refractivity contribution in [3.63, 3.8) is 0 Å². The molecule has 0 saturated carbocycles. The number of esters is 2. The second-order valence-electron chi connectivity index (χ2n) is 6.29. The molecule has 156 valence electrons. The fourth-order valence-corrected chi connectivity index (χ4v) is 2.52. The predicted molar refractivity (Wildman–Crippen MR) is 110 cm³/mol. The van der Waals surface area contributed by atoms with E-state index in [1.807, 2.05) is 24.3 Å². The Balaban J connectivity index is 2.60. The lowest BCUT2D eigenvalue weighted by molar-refractivity contribution is -0.146. The molecule has 0 aliphatic heterocycles. The van der Waals surface area contributed by atoms with Crippen molar-refractivity contribution in [2.75, 3.05) is 25.1 Å². The molecular weight excluding hydrogens is 358 g/mol. The topological polar surface area (TPSA) is 73.9 Å². The number of hydrogen-bond acceptors (Lipinski definition) is 6. The van der Waals surface area contributed by atoms with E-state index in [4.69, 9.17) is 14.2 Å². The number of ether oxygens (including phenoxy) is 3. The minimum Gasteiger partial charge on any atom is -0.494 e. The molecule has 6 nitrogen and oxygen atoms in total. The average Bonchev–Trinajstić information content (AvgIpc) is 2.68. The van der Waals surface area contributed by atoms with E-state index in [9.17, 15) is 9.59 Å². The average molecular weight is 392 g/mol. The van der Waals surface area contributed by atoms with Gasteiger partial charge in [0.1, 0.15) is 5.75 Å². The third-order valence-corrected chi connectivity index (χ3v) is 3.97. The van der Waals surface area contributed by atoms with Gasteiger partial charge in [0.25, 0.3) is 0 Å². The monoisotopic (exact) mass is 391 g/mol. The highest BCUT2D eigenvalue weighted by molar-refractivity contribution is 6.14. The van der Waals surface area contributed by atoms with Crippen molar-refractivity contribution in [3.8, 4) is 5.75 Å². The number of benzene rings is 1. The zero-order valence-corrected chi connectivity index (χ0v) is 17.3. The largest absolute Gasteiger partial charge is 0.494 e. The van der Waals surface area contributed by atoms with Crippen LogP contribution >= 0.6 is 0 Å². The molecule has 0 saturated heterocycles. The molecule has 1 aromatic rings. The van der Waals surface area contributed by atoms with E-state index in [0.29, 0.717) is 12.3 Å². The first-order valence-corrected chi connectivity index (χ1v) is 10.2. The zero-order valence-electron chi connectivity index (χ0n) is 17.3. The fourth-order valence-electron chi connectivity index (χ4n) is 2.52. The summed E-state index contributed by atoms with van der Waals surface area (Å²) in [4.78, 5) is 23.9. The fraction of sp³-hybridized carbons (Fsp3) is 0.545. The Kier molecular flexibility index (Phi) is 12.2. The maximum absolute atomic E-state index is 12.0. The summed E-state index contributed by atoms with van der Waals surface area (Å²) in [6.45, 7) is 6.59. The molecule has 0 heterocycles. The normalized spacial score (nSPS) is 10.1. The van der Waals surface area contributed by atoms with E-state index in [2.05, 4.69) is 12.2 Å². The molecule has 0 bridgehead atoms. The van der Waals surface area contributed by atoms with Crippen LogP contribution in [0.4, 0.5) is 5.69 Å². The van der Waals surface area contributed by atoms with Gasteiger partial charge in [0.2, 0.25) is 0 Å². The number of hydrogen-bond donors (Lipinski definition) is 1. The molecule has 6 heteroatoms. The van der Waals surface area contributed by atoms with E-state index >= 15 is 0 Å². The van der Waals surface area contributed by atoms with Crippen molar-refractivity contribution in [2.24, 2.45) is 0 Å². The molecule has 28 heavy (non-hydrogen) atoms. The quantitative estimate of drug-likeness (QED) is 0.161. The molecule has 0 radical (unpaired) electrons. The van der Waals surface area contributed by atoms with Gasteiger partial charge in [-0.3, -0.25) is 0 Å². The van der Waals surface area contributed by atoms with Crippen molar-refractivity contribution in [3.05, 3.63) is 36.0 Å². The minimum atomic E-state index is -0.719. The van der Waals surface area contributed by atoms with Crippen LogP contribution < -0.4 is 10.1 Å². The van der Waals surface area contributed by atoms with Crippen molar-refractivity contribution in [1.29, 1.82) is 0 Å². The molecule has 1 rings (SSSR count). The number of carbonyl (C=O) groups excluding carboxylic acids is 2. The van der Waals surface area contributed by atoms with Crippen LogP contribution in [0.5, 0.6) is 5.75 Å². The number of rotatable bonds is 14. The highest BCUT2D eigenvalue weighted by Gasteiger charge is 2.20. The Hall–Kier alpha value is -2.50. The zero-order chi connectivity index (χ0) is 20.6. The molecule has 1 aromatic carbocycles. The van der Waals surface area contributed by atoms with Gasteiger partial charge in [-0.05, 0) is 32.4 Å². The highest BCUT2D eigenvalue weighted by Crippen LogP contribution is 2.18. The standard InChI is InChI=1S/C22H33NO5/c1-4-7-8-9-10-11-15-28-19-14-12-13-18(16-19)23-17-20(21(24)26-5-2)22(25)27-6-3/h12-14,16-17,23H,4-11,15H2,1-3H3. The summed E-state index contributed by atoms with van der Waals surface area (Å²) < 4.78 is 15.6. The van der Waals surface area contributed by atoms with Crippen molar-refractivity contribution in [1.82, 2.24) is 0 Å². The Labute approximate surface area is 168 Å². The van der Waals surface area contributed by atoms with E-state index < -0.39 is 11.9 Å². The molecule has 0 atom stereocenters. The maximum atomic E-state index is 12.0. The van der Waals surface area contributed by atoms with Crippen LogP contribution in [0.1, 0.15) is 59.3 Å². The Morgan fingerprint density at radius 3 is 2.21 bits per heavy atom. The summed E-state index contributed by atoms with van der Waals surface area (Å²) in [5, 5.41) is 2.94. The summed E-state index contributed by atoms with van der Waals surface area (Å²) in [5.74, 6) is -0.700. The molecule has 0 aliphatic rings. The van der Waals surface area contributed by atoms with Crippen LogP contribution in [0.3, 0.4) is 0 Å². The first kappa shape index (κ1) is 23.5. The Morgan fingerprint density at radius 2 is 1.57 bits per heavy atom. The van der Waals surface area contributed by atoms with Gasteiger partial charge in [0.15, 0.2) is 5.57 Å². The molecule has 1 N–H and O–H groups in total. The second kappa shape index (κ2) is 14.5. The van der Waals surface area contributed by atoms with Crippen LogP contribution in [0.25, 0.3) is 0 Å². The lowest BCUT2D eigenvalue weighted by Crippen LogP contribution is -2.19. The highest BCUT2D eigenvalue weighted by atomic mass is 16.6. The lowest BCUT2D eigenvalue weighted by atomic mass is 10.1. The minimum absolute atomic E-state index is 0.178. The van der Waals surface area contributed by atoms with Crippen LogP contribution in [0.2, 0.25) is 0 Å². The SMILES string of the molecule is CCCCCCCCOc1cccc(NC=C(C(=O)OCC)C(=O)OCC)c1. The molecule has 0 aliphatic carbocycles. The maximum Gasteiger partial charge on any atom is 0.347 e. The first-order valence-electron chi connectivity index (χ1n) is 10.2. The lowest BCUT2D eigenvalue weighted by Gasteiger charge is -2.10. The number of nitrogens with one attached hydrogen (secondary N) is 1. The van der Waals surface area contributed by atoms with Crippen LogP contribution in [-0.2, 0) is 19.1 Å². The van der Waals surface area contributed by atoms with E-state index in [0.717, 1.165) is 12.2 Å².